The Morgan fingerprint density at radius 1 is 0.625 bits per heavy atom. The summed E-state index contributed by atoms with van der Waals surface area (Å²) in [5.74, 6) is 0. The maximum absolute atomic E-state index is 6.56. The van der Waals surface area contributed by atoms with E-state index >= 15 is 0 Å². The average molecular weight is 426 g/mol. The molecule has 24 heavy (non-hydrogen) atoms. The molecule has 0 aliphatic rings. The van der Waals surface area contributed by atoms with Crippen LogP contribution in [0, 0.1) is 38.2 Å². The van der Waals surface area contributed by atoms with Gasteiger partial charge in [0.05, 0.1) is 0 Å². The number of rotatable bonds is 3. The number of hydrogen-bond acceptors (Lipinski definition) is 0. The van der Waals surface area contributed by atoms with Gasteiger partial charge in [0, 0.05) is 3.57 Å². The first kappa shape index (κ1) is 19.6. The molecule has 0 heterocycles. The first-order valence-corrected chi connectivity index (χ1v) is 9.72. The largest absolute Gasteiger partial charge is 0.115 e. The van der Waals surface area contributed by atoms with Gasteiger partial charge in [0.25, 0.3) is 0 Å². The summed E-state index contributed by atoms with van der Waals surface area (Å²) in [6.07, 6.45) is 2.05. The Bertz CT molecular complexity index is 760. The molecule has 0 N–H and O–H groups in total. The van der Waals surface area contributed by atoms with Gasteiger partial charge in [0.15, 0.2) is 0 Å². The van der Waals surface area contributed by atoms with Crippen LogP contribution in [0.5, 0.6) is 0 Å². The second-order valence-electron chi connectivity index (χ2n) is 6.68. The van der Waals surface area contributed by atoms with Gasteiger partial charge < -0.3 is 0 Å². The van der Waals surface area contributed by atoms with E-state index in [1.54, 1.807) is 0 Å². The molecule has 0 unspecified atom stereocenters. The second-order valence-corrected chi connectivity index (χ2v) is 7.76. The minimum absolute atomic E-state index is 0.824. The Balaban J connectivity index is 3.04. The first-order chi connectivity index (χ1) is 11.2. The van der Waals surface area contributed by atoms with Crippen LogP contribution in [0.4, 0.5) is 0 Å². The Morgan fingerprint density at radius 3 is 1.50 bits per heavy atom. The summed E-state index contributed by atoms with van der Waals surface area (Å²) < 4.78 is 1.29. The Kier molecular flexibility index (Phi) is 5.95. The highest BCUT2D eigenvalue weighted by atomic mass is 127. The van der Waals surface area contributed by atoms with Crippen molar-refractivity contribution in [2.45, 2.75) is 61.3 Å². The van der Waals surface area contributed by atoms with Crippen molar-refractivity contribution in [3.63, 3.8) is 0 Å². The molecule has 0 fully saturated rings. The monoisotopic (exact) mass is 426 g/mol. The molecule has 0 amide bonds. The van der Waals surface area contributed by atoms with E-state index in [2.05, 4.69) is 71.1 Å². The van der Waals surface area contributed by atoms with Crippen molar-refractivity contribution in [3.8, 4) is 11.1 Å². The average Bonchev–Trinajstić information content (AvgIpc) is 2.55. The van der Waals surface area contributed by atoms with Crippen molar-refractivity contribution in [3.05, 3.63) is 42.5 Å². The summed E-state index contributed by atoms with van der Waals surface area (Å²) in [5.41, 5.74) is 13.0. The van der Waals surface area contributed by atoms with Gasteiger partial charge in [-0.25, -0.2) is 0 Å². The van der Waals surface area contributed by atoms with E-state index in [1.165, 1.54) is 37.0 Å². The molecule has 0 spiro atoms. The third-order valence-corrected chi connectivity index (χ3v) is 6.84. The highest BCUT2D eigenvalue weighted by Crippen LogP contribution is 2.36. The second kappa shape index (κ2) is 7.27. The van der Waals surface area contributed by atoms with Crippen molar-refractivity contribution < 1.29 is 0 Å². The van der Waals surface area contributed by atoms with E-state index in [0.29, 0.717) is 0 Å². The van der Waals surface area contributed by atoms with Crippen LogP contribution >= 0.6 is 22.6 Å². The molecular weight excluding hydrogens is 401 g/mol. The molecule has 2 aromatic rings. The highest BCUT2D eigenvalue weighted by molar-refractivity contribution is 14.1. The maximum Gasteiger partial charge on any atom is 0.115 e. The molecule has 0 bridgehead atoms. The Labute approximate surface area is 163 Å². The lowest BCUT2D eigenvalue weighted by Gasteiger charge is -2.26. The van der Waals surface area contributed by atoms with E-state index in [9.17, 15) is 0 Å². The van der Waals surface area contributed by atoms with Gasteiger partial charge >= 0.3 is 0 Å². The molecule has 0 saturated heterocycles. The lowest BCUT2D eigenvalue weighted by Crippen LogP contribution is -2.27. The fourth-order valence-electron chi connectivity index (χ4n) is 3.82. The van der Waals surface area contributed by atoms with Crippen LogP contribution in [0.2, 0.25) is 0 Å². The number of hydrogen-bond donors (Lipinski definition) is 0. The molecule has 0 aliphatic heterocycles. The predicted octanol–water partition coefficient (Wildman–Crippen LogP) is 4.21. The predicted molar refractivity (Wildman–Crippen MR) is 118 cm³/mol. The molecule has 0 aliphatic carbocycles. The summed E-state index contributed by atoms with van der Waals surface area (Å²) in [6, 6.07) is 0. The number of benzene rings is 2. The normalized spacial score (nSPS) is 11.2. The molecule has 2 aromatic carbocycles. The summed E-state index contributed by atoms with van der Waals surface area (Å²) in [4.78, 5) is 0. The van der Waals surface area contributed by atoms with Crippen LogP contribution < -0.4 is 10.9 Å². The van der Waals surface area contributed by atoms with Crippen molar-refractivity contribution in [2.75, 3.05) is 0 Å². The van der Waals surface area contributed by atoms with Gasteiger partial charge in [-0.1, -0.05) is 35.9 Å². The Hall–Kier alpha value is -0.700. The molecule has 3 heteroatoms. The van der Waals surface area contributed by atoms with Crippen LogP contribution in [0.15, 0.2) is 0 Å². The van der Waals surface area contributed by atoms with Crippen LogP contribution in [-0.4, -0.2) is 15.7 Å². The van der Waals surface area contributed by atoms with Crippen LogP contribution in [0.25, 0.3) is 11.1 Å². The first-order valence-electron chi connectivity index (χ1n) is 8.64. The smallest absolute Gasteiger partial charge is 0.0864 e. The van der Waals surface area contributed by atoms with E-state index in [4.69, 9.17) is 15.7 Å². The molecule has 122 valence electrons. The van der Waals surface area contributed by atoms with Gasteiger partial charge in [0.2, 0.25) is 0 Å². The van der Waals surface area contributed by atoms with Crippen molar-refractivity contribution >= 4 is 49.2 Å². The zero-order chi connectivity index (χ0) is 18.3. The van der Waals surface area contributed by atoms with Gasteiger partial charge in [-0.05, 0) is 109 Å². The summed E-state index contributed by atoms with van der Waals surface area (Å²) >= 11 is 2.48. The topological polar surface area (TPSA) is 0 Å². The SMILES string of the molecule is [B]c1c(C)c(C)c(C)c([B])c1-c1c(C)c(CC)c(C)c(CC)c1I. The molecule has 0 nitrogen and oxygen atoms in total. The van der Waals surface area contributed by atoms with Gasteiger partial charge in [-0.2, -0.15) is 0 Å². The number of halogens is 1. The molecule has 2 rings (SSSR count). The minimum atomic E-state index is 0.824. The quantitative estimate of drug-likeness (QED) is 0.510. The van der Waals surface area contributed by atoms with Crippen molar-refractivity contribution in [1.29, 1.82) is 0 Å². The van der Waals surface area contributed by atoms with Crippen LogP contribution in [0.3, 0.4) is 0 Å². The highest BCUT2D eigenvalue weighted by Gasteiger charge is 2.21. The fraction of sp³-hybridized carbons (Fsp3) is 0.429. The lowest BCUT2D eigenvalue weighted by molar-refractivity contribution is 1.02. The minimum Gasteiger partial charge on any atom is -0.0864 e. The standard InChI is InChI=1S/C21H25B2I/c1-8-15-13(6)16(9-2)21(24)17(14(15)7)18-19(22)11(4)10(3)12(5)20(18)23/h8-9H2,1-7H3. The van der Waals surface area contributed by atoms with Crippen LogP contribution in [0.1, 0.15) is 52.8 Å². The zero-order valence-corrected chi connectivity index (χ0v) is 18.1. The Morgan fingerprint density at radius 2 is 1.08 bits per heavy atom. The molecule has 0 aromatic heterocycles. The summed E-state index contributed by atoms with van der Waals surface area (Å²) in [6.45, 7) is 15.2. The van der Waals surface area contributed by atoms with E-state index in [1.807, 2.05) is 0 Å². The van der Waals surface area contributed by atoms with Gasteiger partial charge in [-0.3, -0.25) is 0 Å². The molecule has 0 atom stereocenters. The van der Waals surface area contributed by atoms with Crippen molar-refractivity contribution in [1.82, 2.24) is 0 Å². The lowest BCUT2D eigenvalue weighted by atomic mass is 9.70. The van der Waals surface area contributed by atoms with Crippen molar-refractivity contribution in [2.24, 2.45) is 0 Å². The van der Waals surface area contributed by atoms with Gasteiger partial charge in [-0.15, -0.1) is 0 Å². The zero-order valence-electron chi connectivity index (χ0n) is 15.9. The van der Waals surface area contributed by atoms with Gasteiger partial charge in [0.1, 0.15) is 15.7 Å². The maximum atomic E-state index is 6.56. The summed E-state index contributed by atoms with van der Waals surface area (Å²) in [7, 11) is 13.1. The summed E-state index contributed by atoms with van der Waals surface area (Å²) in [5, 5.41) is 0. The fourth-order valence-corrected chi connectivity index (χ4v) is 5.28. The van der Waals surface area contributed by atoms with Crippen LogP contribution in [-0.2, 0) is 12.8 Å². The van der Waals surface area contributed by atoms with E-state index < -0.39 is 0 Å². The third kappa shape index (κ3) is 2.87. The molecular formula is C21H25B2I. The van der Waals surface area contributed by atoms with E-state index in [-0.39, 0.29) is 0 Å². The van der Waals surface area contributed by atoms with E-state index in [0.717, 1.165) is 40.5 Å². The molecule has 0 saturated carbocycles. The third-order valence-electron chi connectivity index (χ3n) is 5.65. The molecule has 4 radical (unpaired) electrons.